The highest BCUT2D eigenvalue weighted by Crippen LogP contribution is 2.46. The molecule has 0 aliphatic carbocycles. The summed E-state index contributed by atoms with van der Waals surface area (Å²) < 4.78 is 10.5. The van der Waals surface area contributed by atoms with E-state index in [1.165, 1.54) is 25.6 Å². The summed E-state index contributed by atoms with van der Waals surface area (Å²) in [5, 5.41) is 6.56. The van der Waals surface area contributed by atoms with E-state index in [9.17, 15) is 19.2 Å². The van der Waals surface area contributed by atoms with Crippen molar-refractivity contribution in [2.24, 2.45) is 0 Å². The molecule has 3 saturated heterocycles. The molecule has 49 heavy (non-hydrogen) atoms. The molecule has 1 aromatic heterocycles. The molecular weight excluding hydrogens is 689 g/mol. The Bertz CT molecular complexity index is 1640. The van der Waals surface area contributed by atoms with Crippen LogP contribution in [0.5, 0.6) is 0 Å². The number of hydrogen-bond acceptors (Lipinski definition) is 10. The fourth-order valence-corrected chi connectivity index (χ4v) is 9.33. The quantitative estimate of drug-likeness (QED) is 0.366. The van der Waals surface area contributed by atoms with E-state index >= 15 is 0 Å². The highest BCUT2D eigenvalue weighted by Gasteiger charge is 2.45. The van der Waals surface area contributed by atoms with Crippen LogP contribution in [0.4, 0.5) is 0 Å². The molecule has 0 saturated carbocycles. The molecule has 4 aliphatic heterocycles. The summed E-state index contributed by atoms with van der Waals surface area (Å²) in [7, 11) is 2.53. The van der Waals surface area contributed by atoms with Crippen LogP contribution in [0.2, 0.25) is 10.0 Å². The van der Waals surface area contributed by atoms with E-state index in [0.717, 1.165) is 43.8 Å². The Morgan fingerprint density at radius 2 is 1.51 bits per heavy atom. The minimum atomic E-state index is -1.05. The van der Waals surface area contributed by atoms with Crippen molar-refractivity contribution in [1.82, 2.24) is 25.0 Å². The molecule has 0 radical (unpaired) electrons. The lowest BCUT2D eigenvalue weighted by Gasteiger charge is -2.45. The Morgan fingerprint density at radius 1 is 0.898 bits per heavy atom. The van der Waals surface area contributed by atoms with Gasteiger partial charge in [0.05, 0.1) is 42.7 Å². The number of aryl methyl sites for hydroxylation is 1. The number of nitrogens with one attached hydrogen (secondary N) is 1. The zero-order chi connectivity index (χ0) is 34.8. The number of piperazine rings is 1. The zero-order valence-electron chi connectivity index (χ0n) is 27.9. The number of piperidine rings is 1. The van der Waals surface area contributed by atoms with Gasteiger partial charge in [-0.1, -0.05) is 29.3 Å². The molecule has 1 N–H and O–H groups in total. The molecule has 14 heteroatoms. The van der Waals surface area contributed by atoms with Crippen molar-refractivity contribution in [1.29, 1.82) is 0 Å². The van der Waals surface area contributed by atoms with Crippen LogP contribution in [-0.4, -0.2) is 102 Å². The van der Waals surface area contributed by atoms with Crippen LogP contribution in [0.25, 0.3) is 0 Å². The van der Waals surface area contributed by atoms with Crippen molar-refractivity contribution in [2.75, 3.05) is 40.4 Å². The van der Waals surface area contributed by atoms with Gasteiger partial charge in [0.1, 0.15) is 0 Å². The van der Waals surface area contributed by atoms with Gasteiger partial charge in [0.2, 0.25) is 11.8 Å². The Balaban J connectivity index is 1.27. The standard InChI is InChI=1S/C35H41Cl2N5O6S/c1-20(43)42-21-7-8-22(42)18-23(17-21)40-12-14-41(15-13-40)29(44)19-27-32(35(46)48-3)33(30-24(36)5-4-6-25(30)37)31(34(45)47-2)26(39-27)9-10-28-38-11-16-49-28/h4-6,11,16,21-23,33,39H,7-10,12-15,17-19H2,1-3H3. The summed E-state index contributed by atoms with van der Waals surface area (Å²) in [6.45, 7) is 4.22. The number of methoxy groups -OCH3 is 2. The number of fused-ring (bicyclic) bond motifs is 2. The van der Waals surface area contributed by atoms with E-state index < -0.39 is 17.9 Å². The van der Waals surface area contributed by atoms with Crippen molar-refractivity contribution in [3.05, 3.63) is 72.9 Å². The predicted octanol–water partition coefficient (Wildman–Crippen LogP) is 4.70. The first-order valence-corrected chi connectivity index (χ1v) is 18.3. The summed E-state index contributed by atoms with van der Waals surface area (Å²) in [6.07, 6.45) is 6.50. The summed E-state index contributed by atoms with van der Waals surface area (Å²) in [5.41, 5.74) is 1.42. The maximum atomic E-state index is 14.0. The van der Waals surface area contributed by atoms with E-state index in [4.69, 9.17) is 32.7 Å². The minimum absolute atomic E-state index is 0.0793. The van der Waals surface area contributed by atoms with E-state index in [1.54, 1.807) is 31.3 Å². The third-order valence-electron chi connectivity index (χ3n) is 10.3. The fraction of sp³-hybridized carbons (Fsp3) is 0.514. The lowest BCUT2D eigenvalue weighted by Crippen LogP contribution is -2.57. The molecule has 1 aromatic carbocycles. The molecule has 3 atom stereocenters. The van der Waals surface area contributed by atoms with Crippen LogP contribution >= 0.6 is 34.5 Å². The summed E-state index contributed by atoms with van der Waals surface area (Å²) in [4.78, 5) is 64.2. The number of carbonyl (C=O) groups is 4. The van der Waals surface area contributed by atoms with Gasteiger partial charge >= 0.3 is 11.9 Å². The molecule has 5 heterocycles. The van der Waals surface area contributed by atoms with Crippen LogP contribution in [0, 0.1) is 0 Å². The number of nitrogens with zero attached hydrogens (tertiary/aromatic N) is 4. The first-order valence-electron chi connectivity index (χ1n) is 16.6. The molecule has 0 spiro atoms. The molecule has 262 valence electrons. The second-order valence-corrected chi connectivity index (χ2v) is 14.7. The molecule has 6 rings (SSSR count). The average molecular weight is 731 g/mol. The van der Waals surface area contributed by atoms with Crippen LogP contribution in [0.15, 0.2) is 52.3 Å². The molecule has 3 fully saturated rings. The smallest absolute Gasteiger partial charge is 0.336 e. The van der Waals surface area contributed by atoms with Crippen LogP contribution in [0.3, 0.4) is 0 Å². The van der Waals surface area contributed by atoms with E-state index in [2.05, 4.69) is 20.1 Å². The van der Waals surface area contributed by atoms with Crippen molar-refractivity contribution < 1.29 is 28.7 Å². The monoisotopic (exact) mass is 729 g/mol. The topological polar surface area (TPSA) is 121 Å². The van der Waals surface area contributed by atoms with Crippen molar-refractivity contribution in [3.63, 3.8) is 0 Å². The Labute approximate surface area is 300 Å². The normalized spacial score (nSPS) is 24.2. The second kappa shape index (κ2) is 15.2. The van der Waals surface area contributed by atoms with Gasteiger partial charge in [-0.3, -0.25) is 14.5 Å². The molecule has 11 nitrogen and oxygen atoms in total. The van der Waals surface area contributed by atoms with Gasteiger partial charge in [0.15, 0.2) is 0 Å². The minimum Gasteiger partial charge on any atom is -0.466 e. The Hall–Kier alpha value is -3.45. The number of allylic oxidation sites excluding steroid dienone is 1. The van der Waals surface area contributed by atoms with Crippen LogP contribution in [0.1, 0.15) is 61.9 Å². The maximum Gasteiger partial charge on any atom is 0.336 e. The van der Waals surface area contributed by atoms with E-state index in [-0.39, 0.29) is 39.4 Å². The summed E-state index contributed by atoms with van der Waals surface area (Å²) in [6, 6.07) is 5.96. The first kappa shape index (κ1) is 35.4. The van der Waals surface area contributed by atoms with Gasteiger partial charge in [-0.15, -0.1) is 11.3 Å². The number of amides is 2. The van der Waals surface area contributed by atoms with Crippen LogP contribution in [-0.2, 0) is 35.1 Å². The number of ether oxygens (including phenoxy) is 2. The zero-order valence-corrected chi connectivity index (χ0v) is 30.2. The second-order valence-electron chi connectivity index (χ2n) is 12.9. The Morgan fingerprint density at radius 3 is 2.06 bits per heavy atom. The number of thiazole rings is 1. The largest absolute Gasteiger partial charge is 0.466 e. The lowest BCUT2D eigenvalue weighted by atomic mass is 9.78. The van der Waals surface area contributed by atoms with Gasteiger partial charge in [-0.2, -0.15) is 0 Å². The van der Waals surface area contributed by atoms with Gasteiger partial charge < -0.3 is 24.6 Å². The molecule has 4 aliphatic rings. The summed E-state index contributed by atoms with van der Waals surface area (Å²) >= 11 is 15.0. The lowest BCUT2D eigenvalue weighted by molar-refractivity contribution is -0.138. The molecule has 2 aromatic rings. The number of benzene rings is 1. The van der Waals surface area contributed by atoms with E-state index in [1.807, 2.05) is 10.3 Å². The molecular formula is C35H41Cl2N5O6S. The summed E-state index contributed by atoms with van der Waals surface area (Å²) in [5.74, 6) is -2.41. The molecule has 3 unspecified atom stereocenters. The highest BCUT2D eigenvalue weighted by atomic mass is 35.5. The number of carbonyl (C=O) groups excluding carboxylic acids is 4. The third-order valence-corrected chi connectivity index (χ3v) is 11.8. The van der Waals surface area contributed by atoms with Gasteiger partial charge in [-0.05, 0) is 44.2 Å². The third kappa shape index (κ3) is 7.24. The number of dihydropyridines is 1. The van der Waals surface area contributed by atoms with Crippen molar-refractivity contribution >= 4 is 58.3 Å². The highest BCUT2D eigenvalue weighted by molar-refractivity contribution is 7.09. The van der Waals surface area contributed by atoms with Crippen molar-refractivity contribution in [2.45, 2.75) is 75.9 Å². The molecule has 2 amide bonds. The number of hydrogen-bond donors (Lipinski definition) is 1. The Kier molecular flexibility index (Phi) is 11.0. The number of rotatable bonds is 9. The predicted molar refractivity (Wildman–Crippen MR) is 186 cm³/mol. The fourth-order valence-electron chi connectivity index (χ4n) is 8.09. The number of halogens is 2. The van der Waals surface area contributed by atoms with Gasteiger partial charge in [0.25, 0.3) is 0 Å². The first-order chi connectivity index (χ1) is 23.6. The molecule has 2 bridgehead atoms. The average Bonchev–Trinajstić information content (AvgIpc) is 3.72. The van der Waals surface area contributed by atoms with Crippen molar-refractivity contribution in [3.8, 4) is 0 Å². The maximum absolute atomic E-state index is 14.0. The van der Waals surface area contributed by atoms with Gasteiger partial charge in [-0.25, -0.2) is 14.6 Å². The SMILES string of the molecule is COC(=O)C1=C(CCc2nccs2)NC(CC(=O)N2CCN(C3CC4CCC(C3)N4C(C)=O)CC2)=C(C(=O)OC)C1c1c(Cl)cccc1Cl. The van der Waals surface area contributed by atoms with Gasteiger partial charge in [0, 0.05) is 96.2 Å². The number of esters is 2. The van der Waals surface area contributed by atoms with Crippen LogP contribution < -0.4 is 5.32 Å². The van der Waals surface area contributed by atoms with E-state index in [0.29, 0.717) is 61.0 Å². The number of aromatic nitrogens is 1.